The van der Waals surface area contributed by atoms with Crippen LogP contribution in [-0.4, -0.2) is 22.8 Å². The van der Waals surface area contributed by atoms with Crippen LogP contribution in [-0.2, 0) is 11.3 Å². The highest BCUT2D eigenvalue weighted by Gasteiger charge is 2.07. The predicted octanol–water partition coefficient (Wildman–Crippen LogP) is 2.60. The van der Waals surface area contributed by atoms with Crippen LogP contribution in [0.25, 0.3) is 11.0 Å². The number of imidazole rings is 1. The second-order valence-corrected chi connectivity index (χ2v) is 5.08. The summed E-state index contributed by atoms with van der Waals surface area (Å²) in [6, 6.07) is 6.20. The van der Waals surface area contributed by atoms with Crippen molar-refractivity contribution in [1.29, 1.82) is 0 Å². The minimum absolute atomic E-state index is 0.559. The largest absolute Gasteiger partial charge is 0.379 e. The summed E-state index contributed by atoms with van der Waals surface area (Å²) in [7, 11) is 0. The zero-order valence-corrected chi connectivity index (χ0v) is 11.3. The lowest BCUT2D eigenvalue weighted by molar-refractivity contribution is 0.104. The van der Waals surface area contributed by atoms with Crippen molar-refractivity contribution in [2.24, 2.45) is 5.92 Å². The molecule has 0 spiro atoms. The molecule has 0 radical (unpaired) electrons. The first-order valence-corrected chi connectivity index (χ1v) is 6.38. The topological polar surface area (TPSA) is 53.1 Å². The summed E-state index contributed by atoms with van der Waals surface area (Å²) in [6.45, 7) is 8.54. The van der Waals surface area contributed by atoms with Gasteiger partial charge < -0.3 is 15.0 Å². The molecule has 2 rings (SSSR count). The molecule has 0 bridgehead atoms. The second-order valence-electron chi connectivity index (χ2n) is 5.08. The van der Waals surface area contributed by atoms with Gasteiger partial charge in [-0.25, -0.2) is 4.98 Å². The second kappa shape index (κ2) is 5.40. The quantitative estimate of drug-likeness (QED) is 0.826. The van der Waals surface area contributed by atoms with E-state index < -0.39 is 0 Å². The van der Waals surface area contributed by atoms with E-state index in [0.29, 0.717) is 18.5 Å². The number of hydrogen-bond donors (Lipinski definition) is 1. The zero-order chi connectivity index (χ0) is 13.1. The molecule has 1 aromatic carbocycles. The summed E-state index contributed by atoms with van der Waals surface area (Å²) in [5.41, 5.74) is 9.17. The molecule has 4 nitrogen and oxygen atoms in total. The molecule has 0 saturated heterocycles. The third kappa shape index (κ3) is 2.82. The first-order valence-electron chi connectivity index (χ1n) is 6.38. The van der Waals surface area contributed by atoms with E-state index in [9.17, 15) is 0 Å². The Labute approximate surface area is 108 Å². The van der Waals surface area contributed by atoms with Crippen LogP contribution in [0.4, 0.5) is 5.95 Å². The summed E-state index contributed by atoms with van der Waals surface area (Å²) in [6.07, 6.45) is 0. The normalized spacial score (nSPS) is 11.6. The smallest absolute Gasteiger partial charge is 0.201 e. The predicted molar refractivity (Wildman–Crippen MR) is 74.5 cm³/mol. The van der Waals surface area contributed by atoms with E-state index in [1.807, 2.05) is 4.57 Å². The van der Waals surface area contributed by atoms with Crippen molar-refractivity contribution < 1.29 is 4.74 Å². The van der Waals surface area contributed by atoms with Crippen LogP contribution in [0.1, 0.15) is 19.4 Å². The maximum absolute atomic E-state index is 5.94. The van der Waals surface area contributed by atoms with E-state index in [4.69, 9.17) is 10.5 Å². The van der Waals surface area contributed by atoms with Crippen molar-refractivity contribution in [1.82, 2.24) is 9.55 Å². The lowest BCUT2D eigenvalue weighted by Crippen LogP contribution is -2.11. The molecule has 1 aromatic heterocycles. The van der Waals surface area contributed by atoms with Crippen LogP contribution < -0.4 is 5.73 Å². The summed E-state index contributed by atoms with van der Waals surface area (Å²) in [4.78, 5) is 4.37. The van der Waals surface area contributed by atoms with Gasteiger partial charge >= 0.3 is 0 Å². The first kappa shape index (κ1) is 12.9. The first-order chi connectivity index (χ1) is 8.58. The molecule has 98 valence electrons. The third-order valence-electron chi connectivity index (χ3n) is 2.84. The van der Waals surface area contributed by atoms with Crippen molar-refractivity contribution in [2.75, 3.05) is 18.9 Å². The summed E-state index contributed by atoms with van der Waals surface area (Å²) < 4.78 is 7.60. The van der Waals surface area contributed by atoms with E-state index in [1.54, 1.807) is 0 Å². The van der Waals surface area contributed by atoms with Crippen LogP contribution in [0.5, 0.6) is 0 Å². The molecule has 0 amide bonds. The highest BCUT2D eigenvalue weighted by molar-refractivity contribution is 5.79. The van der Waals surface area contributed by atoms with Gasteiger partial charge in [0.1, 0.15) is 0 Å². The number of ether oxygens (including phenoxy) is 1. The number of nitrogen functional groups attached to an aromatic ring is 1. The Bertz CT molecular complexity index is 531. The minimum atomic E-state index is 0.559. The average molecular weight is 247 g/mol. The Balaban J connectivity index is 2.10. The molecular weight excluding hydrogens is 226 g/mol. The van der Waals surface area contributed by atoms with Crippen LogP contribution >= 0.6 is 0 Å². The molecule has 0 aliphatic carbocycles. The Morgan fingerprint density at radius 3 is 2.89 bits per heavy atom. The number of aromatic nitrogens is 2. The van der Waals surface area contributed by atoms with Gasteiger partial charge in [-0.05, 0) is 30.5 Å². The number of aryl methyl sites for hydroxylation is 1. The van der Waals surface area contributed by atoms with Gasteiger partial charge in [-0.15, -0.1) is 0 Å². The van der Waals surface area contributed by atoms with Gasteiger partial charge in [-0.1, -0.05) is 19.9 Å². The Morgan fingerprint density at radius 2 is 2.17 bits per heavy atom. The maximum Gasteiger partial charge on any atom is 0.201 e. The fraction of sp³-hybridized carbons (Fsp3) is 0.500. The van der Waals surface area contributed by atoms with E-state index in [2.05, 4.69) is 44.0 Å². The maximum atomic E-state index is 5.94. The van der Waals surface area contributed by atoms with E-state index in [1.165, 1.54) is 5.56 Å². The fourth-order valence-electron chi connectivity index (χ4n) is 1.97. The number of hydrogen-bond acceptors (Lipinski definition) is 3. The third-order valence-corrected chi connectivity index (χ3v) is 2.84. The molecule has 0 aliphatic heterocycles. The Kier molecular flexibility index (Phi) is 3.87. The standard InChI is InChI=1S/C14H21N3O/c1-10(2)9-18-7-6-17-13-5-4-11(3)8-12(13)16-14(17)15/h4-5,8,10H,6-7,9H2,1-3H3,(H2,15,16). The number of nitrogens with two attached hydrogens (primary N) is 1. The SMILES string of the molecule is Cc1ccc2c(c1)nc(N)n2CCOCC(C)C. The molecular formula is C14H21N3O. The van der Waals surface area contributed by atoms with Gasteiger partial charge in [0.15, 0.2) is 0 Å². The van der Waals surface area contributed by atoms with Gasteiger partial charge in [0, 0.05) is 13.2 Å². The number of nitrogens with zero attached hydrogens (tertiary/aromatic N) is 2. The van der Waals surface area contributed by atoms with Gasteiger partial charge in [0.2, 0.25) is 5.95 Å². The zero-order valence-electron chi connectivity index (χ0n) is 11.3. The Hall–Kier alpha value is -1.55. The van der Waals surface area contributed by atoms with Gasteiger partial charge in [0.05, 0.1) is 17.6 Å². The van der Waals surface area contributed by atoms with Crippen molar-refractivity contribution in [2.45, 2.75) is 27.3 Å². The average Bonchev–Trinajstić information content (AvgIpc) is 2.59. The van der Waals surface area contributed by atoms with Crippen molar-refractivity contribution in [3.8, 4) is 0 Å². The van der Waals surface area contributed by atoms with E-state index in [-0.39, 0.29) is 0 Å². The van der Waals surface area contributed by atoms with Crippen LogP contribution in [0, 0.1) is 12.8 Å². The molecule has 2 N–H and O–H groups in total. The lowest BCUT2D eigenvalue weighted by atomic mass is 10.2. The molecule has 0 atom stereocenters. The highest BCUT2D eigenvalue weighted by Crippen LogP contribution is 2.18. The van der Waals surface area contributed by atoms with Gasteiger partial charge in [-0.3, -0.25) is 0 Å². The molecule has 1 heterocycles. The molecule has 0 fully saturated rings. The fourth-order valence-corrected chi connectivity index (χ4v) is 1.97. The van der Waals surface area contributed by atoms with Crippen LogP contribution in [0.15, 0.2) is 18.2 Å². The molecule has 0 aliphatic rings. The van der Waals surface area contributed by atoms with Crippen molar-refractivity contribution in [3.05, 3.63) is 23.8 Å². The van der Waals surface area contributed by atoms with E-state index >= 15 is 0 Å². The molecule has 4 heteroatoms. The van der Waals surface area contributed by atoms with Crippen LogP contribution in [0.3, 0.4) is 0 Å². The van der Waals surface area contributed by atoms with Crippen molar-refractivity contribution >= 4 is 17.0 Å². The number of anilines is 1. The summed E-state index contributed by atoms with van der Waals surface area (Å²) in [5, 5.41) is 0. The highest BCUT2D eigenvalue weighted by atomic mass is 16.5. The molecule has 2 aromatic rings. The number of fused-ring (bicyclic) bond motifs is 1. The summed E-state index contributed by atoms with van der Waals surface area (Å²) in [5.74, 6) is 1.12. The lowest BCUT2D eigenvalue weighted by Gasteiger charge is -2.09. The van der Waals surface area contributed by atoms with E-state index in [0.717, 1.165) is 24.2 Å². The minimum Gasteiger partial charge on any atom is -0.379 e. The van der Waals surface area contributed by atoms with Gasteiger partial charge in [-0.2, -0.15) is 0 Å². The van der Waals surface area contributed by atoms with Gasteiger partial charge in [0.25, 0.3) is 0 Å². The molecule has 18 heavy (non-hydrogen) atoms. The monoisotopic (exact) mass is 247 g/mol. The summed E-state index contributed by atoms with van der Waals surface area (Å²) >= 11 is 0. The molecule has 0 saturated carbocycles. The Morgan fingerprint density at radius 1 is 1.39 bits per heavy atom. The number of rotatable bonds is 5. The molecule has 0 unspecified atom stereocenters. The van der Waals surface area contributed by atoms with Crippen molar-refractivity contribution in [3.63, 3.8) is 0 Å². The van der Waals surface area contributed by atoms with Crippen LogP contribution in [0.2, 0.25) is 0 Å². The number of benzene rings is 1.